The van der Waals surface area contributed by atoms with Crippen LogP contribution in [0.3, 0.4) is 0 Å². The topological polar surface area (TPSA) is 78.7 Å². The number of anilines is 1. The van der Waals surface area contributed by atoms with Crippen LogP contribution in [-0.2, 0) is 16.1 Å². The number of benzene rings is 1. The van der Waals surface area contributed by atoms with Crippen LogP contribution in [0.5, 0.6) is 0 Å². The first-order chi connectivity index (χ1) is 14.7. The van der Waals surface area contributed by atoms with Gasteiger partial charge in [0.1, 0.15) is 5.82 Å². The second-order valence-corrected chi connectivity index (χ2v) is 9.30. The Labute approximate surface area is 183 Å². The van der Waals surface area contributed by atoms with Crippen LogP contribution in [0.4, 0.5) is 5.69 Å². The number of aryl methyl sites for hydroxylation is 4. The largest absolute Gasteiger partial charge is 0.388 e. The number of aliphatic hydroxyl groups is 1. The fourth-order valence-corrected chi connectivity index (χ4v) is 5.13. The Morgan fingerprint density at radius 3 is 2.39 bits per heavy atom. The molecule has 2 amide bonds. The van der Waals surface area contributed by atoms with Gasteiger partial charge in [-0.25, -0.2) is 4.98 Å². The van der Waals surface area contributed by atoms with Crippen molar-refractivity contribution in [3.05, 3.63) is 47.0 Å². The summed E-state index contributed by atoms with van der Waals surface area (Å²) in [6.07, 6.45) is 4.91. The zero-order chi connectivity index (χ0) is 22.3. The number of likely N-dealkylation sites (tertiary alicyclic amines) is 1. The van der Waals surface area contributed by atoms with E-state index in [1.54, 1.807) is 11.1 Å². The molecule has 0 saturated carbocycles. The molecule has 166 valence electrons. The highest BCUT2D eigenvalue weighted by atomic mass is 16.3. The van der Waals surface area contributed by atoms with Gasteiger partial charge in [0.05, 0.1) is 18.1 Å². The van der Waals surface area contributed by atoms with Crippen molar-refractivity contribution >= 4 is 17.5 Å². The summed E-state index contributed by atoms with van der Waals surface area (Å²) < 4.78 is 1.96. The maximum absolute atomic E-state index is 13.2. The van der Waals surface area contributed by atoms with Crippen molar-refractivity contribution in [2.45, 2.75) is 59.1 Å². The Morgan fingerprint density at radius 2 is 1.81 bits per heavy atom. The fourth-order valence-electron chi connectivity index (χ4n) is 5.13. The number of hydrogen-bond donors (Lipinski definition) is 1. The average Bonchev–Trinajstić information content (AvgIpc) is 3.27. The van der Waals surface area contributed by atoms with E-state index in [0.717, 1.165) is 22.6 Å². The van der Waals surface area contributed by atoms with E-state index in [1.165, 1.54) is 5.56 Å². The number of carbonyl (C=O) groups is 2. The molecular weight excluding hydrogens is 392 g/mol. The minimum Gasteiger partial charge on any atom is -0.388 e. The van der Waals surface area contributed by atoms with Crippen molar-refractivity contribution < 1.29 is 14.7 Å². The second kappa shape index (κ2) is 8.11. The first-order valence-corrected chi connectivity index (χ1v) is 11.0. The van der Waals surface area contributed by atoms with Gasteiger partial charge in [0.2, 0.25) is 11.8 Å². The molecule has 2 aromatic rings. The molecule has 0 radical (unpaired) electrons. The van der Waals surface area contributed by atoms with Crippen molar-refractivity contribution in [2.75, 3.05) is 24.5 Å². The third-order valence-electron chi connectivity index (χ3n) is 6.77. The van der Waals surface area contributed by atoms with Crippen molar-refractivity contribution in [1.82, 2.24) is 14.5 Å². The van der Waals surface area contributed by atoms with E-state index in [9.17, 15) is 14.7 Å². The van der Waals surface area contributed by atoms with E-state index in [0.29, 0.717) is 39.0 Å². The first-order valence-electron chi connectivity index (χ1n) is 11.0. The summed E-state index contributed by atoms with van der Waals surface area (Å²) in [6.45, 7) is 9.94. The number of hydrogen-bond acceptors (Lipinski definition) is 4. The van der Waals surface area contributed by atoms with Gasteiger partial charge in [0, 0.05) is 44.1 Å². The maximum Gasteiger partial charge on any atom is 0.228 e. The van der Waals surface area contributed by atoms with Crippen molar-refractivity contribution in [1.29, 1.82) is 0 Å². The fraction of sp³-hybridized carbons (Fsp3) is 0.542. The number of amides is 2. The van der Waals surface area contributed by atoms with Gasteiger partial charge >= 0.3 is 0 Å². The van der Waals surface area contributed by atoms with E-state index in [-0.39, 0.29) is 24.2 Å². The minimum absolute atomic E-state index is 0.0116. The lowest BCUT2D eigenvalue weighted by Crippen LogP contribution is -2.50. The Bertz CT molecular complexity index is 981. The summed E-state index contributed by atoms with van der Waals surface area (Å²) in [5.74, 6) is 0.588. The maximum atomic E-state index is 13.2. The van der Waals surface area contributed by atoms with Gasteiger partial charge in [-0.3, -0.25) is 9.59 Å². The molecule has 1 unspecified atom stereocenters. The zero-order valence-corrected chi connectivity index (χ0v) is 18.9. The van der Waals surface area contributed by atoms with Gasteiger partial charge in [-0.2, -0.15) is 0 Å². The number of piperidine rings is 1. The molecule has 1 aromatic heterocycles. The molecule has 1 N–H and O–H groups in total. The van der Waals surface area contributed by atoms with Crippen LogP contribution in [0.25, 0.3) is 0 Å². The summed E-state index contributed by atoms with van der Waals surface area (Å²) in [7, 11) is 0. The Kier molecular flexibility index (Phi) is 5.64. The lowest BCUT2D eigenvalue weighted by atomic mass is 9.90. The van der Waals surface area contributed by atoms with Gasteiger partial charge in [0.25, 0.3) is 0 Å². The van der Waals surface area contributed by atoms with Crippen LogP contribution in [0.1, 0.15) is 41.8 Å². The molecule has 0 spiro atoms. The molecule has 0 bridgehead atoms. The lowest BCUT2D eigenvalue weighted by molar-refractivity contribution is -0.140. The van der Waals surface area contributed by atoms with Gasteiger partial charge in [0.15, 0.2) is 0 Å². The molecule has 31 heavy (non-hydrogen) atoms. The average molecular weight is 425 g/mol. The molecule has 2 saturated heterocycles. The van der Waals surface area contributed by atoms with Crippen LogP contribution >= 0.6 is 0 Å². The molecular formula is C24H32N4O3. The molecule has 7 heteroatoms. The lowest BCUT2D eigenvalue weighted by Gasteiger charge is -2.39. The molecule has 7 nitrogen and oxygen atoms in total. The number of rotatable bonds is 4. The van der Waals surface area contributed by atoms with Crippen LogP contribution in [0.2, 0.25) is 0 Å². The van der Waals surface area contributed by atoms with E-state index >= 15 is 0 Å². The van der Waals surface area contributed by atoms with Crippen molar-refractivity contribution in [2.24, 2.45) is 5.92 Å². The van der Waals surface area contributed by atoms with Crippen molar-refractivity contribution in [3.63, 3.8) is 0 Å². The molecule has 2 fully saturated rings. The molecule has 2 aliphatic rings. The molecule has 1 aromatic carbocycles. The second-order valence-electron chi connectivity index (χ2n) is 9.30. The van der Waals surface area contributed by atoms with Crippen LogP contribution in [-0.4, -0.2) is 56.6 Å². The highest BCUT2D eigenvalue weighted by Crippen LogP contribution is 2.33. The summed E-state index contributed by atoms with van der Waals surface area (Å²) >= 11 is 0. The Balaban J connectivity index is 1.40. The normalized spacial score (nSPS) is 21.1. The van der Waals surface area contributed by atoms with Crippen LogP contribution < -0.4 is 4.90 Å². The number of nitrogens with zero attached hydrogens (tertiary/aromatic N) is 4. The van der Waals surface area contributed by atoms with E-state index in [4.69, 9.17) is 0 Å². The first kappa shape index (κ1) is 21.6. The highest BCUT2D eigenvalue weighted by molar-refractivity contribution is 6.01. The summed E-state index contributed by atoms with van der Waals surface area (Å²) in [5, 5.41) is 11.0. The summed E-state index contributed by atoms with van der Waals surface area (Å²) in [5.41, 5.74) is 3.41. The van der Waals surface area contributed by atoms with Crippen LogP contribution in [0, 0.1) is 33.6 Å². The molecule has 3 heterocycles. The molecule has 4 rings (SSSR count). The Hall–Kier alpha value is -2.67. The molecule has 0 aliphatic carbocycles. The summed E-state index contributed by atoms with van der Waals surface area (Å²) in [6, 6.07) is 4.16. The van der Waals surface area contributed by atoms with Gasteiger partial charge in [-0.15, -0.1) is 0 Å². The van der Waals surface area contributed by atoms with Crippen molar-refractivity contribution in [3.8, 4) is 0 Å². The quantitative estimate of drug-likeness (QED) is 0.818. The summed E-state index contributed by atoms with van der Waals surface area (Å²) in [4.78, 5) is 33.8. The number of carbonyl (C=O) groups excluding carboxylic acids is 2. The predicted molar refractivity (Wildman–Crippen MR) is 119 cm³/mol. The standard InChI is InChI=1S/C24H32N4O3/c1-16-11-17(2)22(18(3)12-16)28-14-20(13-21(28)29)23(30)26-8-5-24(31,6-9-26)15-27-10-7-25-19(27)4/h7,10-12,20,31H,5-6,8-9,13-15H2,1-4H3. The van der Waals surface area contributed by atoms with Crippen LogP contribution in [0.15, 0.2) is 24.5 Å². The third-order valence-corrected chi connectivity index (χ3v) is 6.77. The number of imidazole rings is 1. The van der Waals surface area contributed by atoms with Gasteiger partial charge in [-0.1, -0.05) is 17.7 Å². The van der Waals surface area contributed by atoms with E-state index in [1.807, 2.05) is 43.4 Å². The molecule has 1 atom stereocenters. The monoisotopic (exact) mass is 424 g/mol. The minimum atomic E-state index is -0.837. The van der Waals surface area contributed by atoms with Gasteiger partial charge in [-0.05, 0) is 51.7 Å². The van der Waals surface area contributed by atoms with Gasteiger partial charge < -0.3 is 19.5 Å². The Morgan fingerprint density at radius 1 is 1.16 bits per heavy atom. The molecule has 2 aliphatic heterocycles. The van der Waals surface area contributed by atoms with E-state index in [2.05, 4.69) is 17.1 Å². The third kappa shape index (κ3) is 4.24. The number of aromatic nitrogens is 2. The zero-order valence-electron chi connectivity index (χ0n) is 18.9. The predicted octanol–water partition coefficient (Wildman–Crippen LogP) is 2.52. The SMILES string of the molecule is Cc1cc(C)c(N2CC(C(=O)N3CCC(O)(Cn4ccnc4C)CC3)CC2=O)c(C)c1. The highest BCUT2D eigenvalue weighted by Gasteiger charge is 2.41. The smallest absolute Gasteiger partial charge is 0.228 e. The van der Waals surface area contributed by atoms with E-state index < -0.39 is 5.60 Å².